The van der Waals surface area contributed by atoms with Crippen LogP contribution in [0.4, 0.5) is 18.0 Å². The first-order valence-electron chi connectivity index (χ1n) is 9.29. The molecule has 0 radical (unpaired) electrons. The number of hydrogen-bond donors (Lipinski definition) is 2. The third-order valence-electron chi connectivity index (χ3n) is 4.41. The predicted octanol–water partition coefficient (Wildman–Crippen LogP) is 3.41. The quantitative estimate of drug-likeness (QED) is 0.241. The van der Waals surface area contributed by atoms with Crippen molar-refractivity contribution >= 4 is 45.1 Å². The molecule has 32 heavy (non-hydrogen) atoms. The third-order valence-corrected chi connectivity index (χ3v) is 7.32. The topological polar surface area (TPSA) is 119 Å². The molecule has 0 aliphatic rings. The molecule has 2 aromatic heterocycles. The van der Waals surface area contributed by atoms with Crippen molar-refractivity contribution in [1.29, 1.82) is 0 Å². The molecule has 0 aliphatic heterocycles. The van der Waals surface area contributed by atoms with Crippen LogP contribution in [0.5, 0.6) is 0 Å². The fraction of sp³-hybridized carbons (Fsp3) is 0.444. The Morgan fingerprint density at radius 3 is 2.09 bits per heavy atom. The van der Waals surface area contributed by atoms with Crippen molar-refractivity contribution in [1.82, 2.24) is 9.62 Å². The highest BCUT2D eigenvalue weighted by molar-refractivity contribution is 7.90. The van der Waals surface area contributed by atoms with E-state index in [4.69, 9.17) is 10.5 Å². The number of ether oxygens (including phenoxy) is 1. The highest BCUT2D eigenvalue weighted by Gasteiger charge is 2.45. The minimum atomic E-state index is -5.46. The molecule has 2 aromatic rings. The van der Waals surface area contributed by atoms with Crippen LogP contribution >= 0.6 is 22.7 Å². The van der Waals surface area contributed by atoms with Crippen molar-refractivity contribution in [3.63, 3.8) is 0 Å². The lowest BCUT2D eigenvalue weighted by Crippen LogP contribution is -2.53. The normalized spacial score (nSPS) is 14.2. The number of hydrogen-bond acceptors (Lipinski definition) is 8. The van der Waals surface area contributed by atoms with Crippen LogP contribution in [-0.4, -0.2) is 43.5 Å². The average molecular weight is 514 g/mol. The van der Waals surface area contributed by atoms with Crippen LogP contribution in [0.15, 0.2) is 35.0 Å². The Kier molecular flexibility index (Phi) is 9.21. The number of rotatable bonds is 13. The number of carbonyl (C=O) groups is 2. The van der Waals surface area contributed by atoms with E-state index in [0.717, 1.165) is 9.75 Å². The largest absolute Gasteiger partial charge is 0.511 e. The predicted molar refractivity (Wildman–Crippen MR) is 114 cm³/mol. The van der Waals surface area contributed by atoms with Gasteiger partial charge in [0.05, 0.1) is 0 Å². The smallest absolute Gasteiger partial charge is 0.420 e. The standard InChI is InChI=1S/C18H22F3N3O5S3/c19-18(20,21)32(27,28)23-8-2-1-7-17(13-25,29-16(22)26)24(11-14-5-3-9-30-14)12-15-6-4-10-31-15/h3-6,9-10,13,23H,1-2,7-8,11-12H2,(H2,22,26)/t17-/m0/s1. The van der Waals surface area contributed by atoms with E-state index in [2.05, 4.69) is 0 Å². The lowest BCUT2D eigenvalue weighted by molar-refractivity contribution is -0.153. The van der Waals surface area contributed by atoms with Crippen LogP contribution in [0.1, 0.15) is 29.0 Å². The van der Waals surface area contributed by atoms with E-state index in [0.29, 0.717) is 6.29 Å². The Bertz CT molecular complexity index is 930. The second-order valence-electron chi connectivity index (χ2n) is 6.70. The number of halogens is 3. The van der Waals surface area contributed by atoms with Crippen LogP contribution in [0.2, 0.25) is 0 Å². The van der Waals surface area contributed by atoms with Crippen molar-refractivity contribution in [2.75, 3.05) is 6.54 Å². The summed E-state index contributed by atoms with van der Waals surface area (Å²) in [6, 6.07) is 7.34. The molecule has 0 unspecified atom stereocenters. The molecule has 2 rings (SSSR count). The number of nitrogens with one attached hydrogen (secondary N) is 1. The molecule has 1 amide bonds. The van der Waals surface area contributed by atoms with Gasteiger partial charge in [0.25, 0.3) is 0 Å². The van der Waals surface area contributed by atoms with E-state index in [-0.39, 0.29) is 32.4 Å². The summed E-state index contributed by atoms with van der Waals surface area (Å²) >= 11 is 2.87. The molecule has 0 bridgehead atoms. The van der Waals surface area contributed by atoms with E-state index in [1.165, 1.54) is 27.4 Å². The van der Waals surface area contributed by atoms with Crippen molar-refractivity contribution in [2.24, 2.45) is 5.73 Å². The van der Waals surface area contributed by atoms with Gasteiger partial charge in [0.1, 0.15) is 0 Å². The molecule has 1 atom stereocenters. The van der Waals surface area contributed by atoms with E-state index in [1.807, 2.05) is 35.0 Å². The molecule has 0 spiro atoms. The number of nitrogens with two attached hydrogens (primary N) is 1. The van der Waals surface area contributed by atoms with Crippen molar-refractivity contribution in [3.05, 3.63) is 44.8 Å². The molecule has 0 aromatic carbocycles. The van der Waals surface area contributed by atoms with E-state index >= 15 is 0 Å². The lowest BCUT2D eigenvalue weighted by Gasteiger charge is -2.38. The third kappa shape index (κ3) is 7.27. The van der Waals surface area contributed by atoms with Gasteiger partial charge in [-0.05, 0) is 35.7 Å². The molecule has 14 heteroatoms. The first-order chi connectivity index (χ1) is 15.0. The number of amides is 1. The first-order valence-corrected chi connectivity index (χ1v) is 12.5. The Labute approximate surface area is 191 Å². The zero-order valence-corrected chi connectivity index (χ0v) is 19.2. The summed E-state index contributed by atoms with van der Waals surface area (Å²) in [5.74, 6) is 0. The van der Waals surface area contributed by atoms with Gasteiger partial charge in [0.2, 0.25) is 5.72 Å². The molecule has 0 aliphatic carbocycles. The summed E-state index contributed by atoms with van der Waals surface area (Å²) in [6.07, 6.45) is -0.781. The van der Waals surface area contributed by atoms with Gasteiger partial charge in [-0.1, -0.05) is 12.1 Å². The number of aldehydes is 1. The number of thiophene rings is 2. The van der Waals surface area contributed by atoms with Crippen LogP contribution in [-0.2, 0) is 32.6 Å². The highest BCUT2D eigenvalue weighted by Crippen LogP contribution is 2.29. The van der Waals surface area contributed by atoms with Gasteiger partial charge in [0.15, 0.2) is 6.29 Å². The molecule has 0 fully saturated rings. The molecular formula is C18H22F3N3O5S3. The lowest BCUT2D eigenvalue weighted by atomic mass is 10.0. The molecule has 8 nitrogen and oxygen atoms in total. The average Bonchev–Trinajstić information content (AvgIpc) is 3.39. The molecule has 3 N–H and O–H groups in total. The molecule has 178 valence electrons. The number of unbranched alkanes of at least 4 members (excludes halogenated alkanes) is 1. The van der Waals surface area contributed by atoms with E-state index in [1.54, 1.807) is 4.90 Å². The van der Waals surface area contributed by atoms with Crippen molar-refractivity contribution < 1.29 is 35.9 Å². The second-order valence-corrected chi connectivity index (χ2v) is 10.5. The Morgan fingerprint density at radius 1 is 1.12 bits per heavy atom. The van der Waals surface area contributed by atoms with E-state index in [9.17, 15) is 31.2 Å². The van der Waals surface area contributed by atoms with Gasteiger partial charge in [-0.15, -0.1) is 22.7 Å². The number of sulfonamides is 1. The number of primary amides is 1. The fourth-order valence-electron chi connectivity index (χ4n) is 2.90. The Balaban J connectivity index is 2.16. The minimum Gasteiger partial charge on any atom is -0.420 e. The van der Waals surface area contributed by atoms with Gasteiger partial charge in [-0.2, -0.15) is 13.2 Å². The van der Waals surface area contributed by atoms with Crippen LogP contribution in [0.3, 0.4) is 0 Å². The number of carbonyl (C=O) groups excluding carboxylic acids is 2. The highest BCUT2D eigenvalue weighted by atomic mass is 32.2. The van der Waals surface area contributed by atoms with Crippen LogP contribution in [0, 0.1) is 0 Å². The summed E-state index contributed by atoms with van der Waals surface area (Å²) in [6.45, 7) is 0.00772. The molecular weight excluding hydrogens is 491 g/mol. The number of alkyl halides is 3. The van der Waals surface area contributed by atoms with E-state index < -0.39 is 33.9 Å². The number of nitrogens with zero attached hydrogens (tertiary/aromatic N) is 1. The summed E-state index contributed by atoms with van der Waals surface area (Å²) in [7, 11) is -5.46. The van der Waals surface area contributed by atoms with Gasteiger partial charge in [-0.25, -0.2) is 22.8 Å². The molecule has 0 saturated heterocycles. The Hall–Kier alpha value is -2.00. The van der Waals surface area contributed by atoms with Crippen molar-refractivity contribution in [3.8, 4) is 0 Å². The summed E-state index contributed by atoms with van der Waals surface area (Å²) in [4.78, 5) is 27.2. The van der Waals surface area contributed by atoms with Gasteiger partial charge in [0, 0.05) is 35.8 Å². The molecule has 2 heterocycles. The summed E-state index contributed by atoms with van der Waals surface area (Å²) < 4.78 is 66.2. The SMILES string of the molecule is NC(=O)O[C@](C=O)(CCCCNS(=O)(=O)C(F)(F)F)N(Cc1cccs1)Cc1cccs1. The van der Waals surface area contributed by atoms with Crippen LogP contribution in [0.25, 0.3) is 0 Å². The maximum atomic E-state index is 12.4. The maximum Gasteiger partial charge on any atom is 0.511 e. The van der Waals surface area contributed by atoms with Crippen molar-refractivity contribution in [2.45, 2.75) is 43.6 Å². The minimum absolute atomic E-state index is 0.0289. The zero-order chi connectivity index (χ0) is 23.8. The van der Waals surface area contributed by atoms with Crippen LogP contribution < -0.4 is 10.5 Å². The Morgan fingerprint density at radius 2 is 1.69 bits per heavy atom. The maximum absolute atomic E-state index is 12.4. The summed E-state index contributed by atoms with van der Waals surface area (Å²) in [5, 5.41) is 3.70. The second kappa shape index (κ2) is 11.2. The summed E-state index contributed by atoms with van der Waals surface area (Å²) in [5.41, 5.74) is -1.97. The molecule has 0 saturated carbocycles. The van der Waals surface area contributed by atoms with Gasteiger partial charge >= 0.3 is 21.6 Å². The van der Waals surface area contributed by atoms with Gasteiger partial charge < -0.3 is 10.5 Å². The zero-order valence-electron chi connectivity index (χ0n) is 16.7. The first kappa shape index (κ1) is 26.3. The fourth-order valence-corrected chi connectivity index (χ4v) is 4.92. The monoisotopic (exact) mass is 513 g/mol. The van der Waals surface area contributed by atoms with Gasteiger partial charge in [-0.3, -0.25) is 4.79 Å².